The van der Waals surface area contributed by atoms with Crippen molar-refractivity contribution in [3.05, 3.63) is 62.5 Å². The molecule has 100 valence electrons. The van der Waals surface area contributed by atoms with Crippen LogP contribution in [0.4, 0.5) is 0 Å². The molecule has 0 fully saturated rings. The quantitative estimate of drug-likeness (QED) is 0.833. The number of aryl methyl sites for hydroxylation is 2. The summed E-state index contributed by atoms with van der Waals surface area (Å²) in [4.78, 5) is 4.50. The monoisotopic (exact) mass is 366 g/mol. The molecule has 0 radical (unpaired) electrons. The van der Waals surface area contributed by atoms with E-state index in [4.69, 9.17) is 0 Å². The number of hydrogen-bond acceptors (Lipinski definition) is 2. The second kappa shape index (κ2) is 6.48. The second-order valence-corrected chi connectivity index (χ2v) is 5.87. The fourth-order valence-corrected chi connectivity index (χ4v) is 2.97. The first-order valence-electron chi connectivity index (χ1n) is 6.46. The zero-order chi connectivity index (χ0) is 13.8. The van der Waals surface area contributed by atoms with Crippen molar-refractivity contribution in [3.63, 3.8) is 0 Å². The van der Waals surface area contributed by atoms with E-state index >= 15 is 0 Å². The van der Waals surface area contributed by atoms with Crippen molar-refractivity contribution in [3.8, 4) is 0 Å². The SMILES string of the molecule is CNC(Cc1ncccc1C)c1cccc(C)c1I. The van der Waals surface area contributed by atoms with Gasteiger partial charge < -0.3 is 5.32 Å². The number of likely N-dealkylation sites (N-methyl/N-ethyl adjacent to an activating group) is 1. The van der Waals surface area contributed by atoms with Crippen molar-refractivity contribution in [1.82, 2.24) is 10.3 Å². The van der Waals surface area contributed by atoms with Gasteiger partial charge in [-0.1, -0.05) is 24.3 Å². The normalized spacial score (nSPS) is 12.4. The lowest BCUT2D eigenvalue weighted by molar-refractivity contribution is 0.579. The van der Waals surface area contributed by atoms with Crippen LogP contribution in [0.2, 0.25) is 0 Å². The molecule has 1 unspecified atom stereocenters. The third kappa shape index (κ3) is 3.34. The molecule has 2 rings (SSSR count). The van der Waals surface area contributed by atoms with Crippen LogP contribution in [0.5, 0.6) is 0 Å². The highest BCUT2D eigenvalue weighted by molar-refractivity contribution is 14.1. The smallest absolute Gasteiger partial charge is 0.0451 e. The summed E-state index contributed by atoms with van der Waals surface area (Å²) in [5, 5.41) is 3.42. The third-order valence-corrected chi connectivity index (χ3v) is 4.93. The number of pyridine rings is 1. The number of hydrogen-bond donors (Lipinski definition) is 1. The number of halogens is 1. The number of nitrogens with zero attached hydrogens (tertiary/aromatic N) is 1. The Kier molecular flexibility index (Phi) is 4.93. The van der Waals surface area contributed by atoms with E-state index in [-0.39, 0.29) is 0 Å². The number of benzene rings is 1. The van der Waals surface area contributed by atoms with Crippen molar-refractivity contribution >= 4 is 22.6 Å². The maximum Gasteiger partial charge on any atom is 0.0451 e. The van der Waals surface area contributed by atoms with E-state index in [2.05, 4.69) is 71.0 Å². The summed E-state index contributed by atoms with van der Waals surface area (Å²) in [7, 11) is 2.02. The predicted molar refractivity (Wildman–Crippen MR) is 88.4 cm³/mol. The highest BCUT2D eigenvalue weighted by Crippen LogP contribution is 2.25. The van der Waals surface area contributed by atoms with Crippen LogP contribution in [0.3, 0.4) is 0 Å². The van der Waals surface area contributed by atoms with Gasteiger partial charge in [0.15, 0.2) is 0 Å². The van der Waals surface area contributed by atoms with E-state index in [1.807, 2.05) is 19.3 Å². The minimum absolute atomic E-state index is 0.306. The molecular weight excluding hydrogens is 347 g/mol. The number of rotatable bonds is 4. The van der Waals surface area contributed by atoms with Gasteiger partial charge in [0.25, 0.3) is 0 Å². The molecule has 1 aromatic heterocycles. The van der Waals surface area contributed by atoms with E-state index in [1.54, 1.807) is 0 Å². The van der Waals surface area contributed by atoms with Gasteiger partial charge in [-0.05, 0) is 66.2 Å². The summed E-state index contributed by atoms with van der Waals surface area (Å²) < 4.78 is 1.34. The van der Waals surface area contributed by atoms with Crippen LogP contribution in [-0.4, -0.2) is 12.0 Å². The zero-order valence-corrected chi connectivity index (χ0v) is 13.7. The molecule has 0 saturated carbocycles. The molecular formula is C16H19IN2. The van der Waals surface area contributed by atoms with Gasteiger partial charge in [0.2, 0.25) is 0 Å². The van der Waals surface area contributed by atoms with Crippen molar-refractivity contribution < 1.29 is 0 Å². The molecule has 0 spiro atoms. The van der Waals surface area contributed by atoms with Crippen molar-refractivity contribution in [2.75, 3.05) is 7.05 Å². The summed E-state index contributed by atoms with van der Waals surface area (Å²) in [6.07, 6.45) is 2.79. The van der Waals surface area contributed by atoms with Crippen LogP contribution < -0.4 is 5.32 Å². The Morgan fingerprint density at radius 1 is 1.16 bits per heavy atom. The molecule has 1 heterocycles. The first kappa shape index (κ1) is 14.5. The van der Waals surface area contributed by atoms with Gasteiger partial charge >= 0.3 is 0 Å². The van der Waals surface area contributed by atoms with E-state index in [1.165, 1.54) is 26.0 Å². The number of nitrogens with one attached hydrogen (secondary N) is 1. The Morgan fingerprint density at radius 3 is 2.58 bits per heavy atom. The Bertz CT molecular complexity index is 566. The molecule has 0 saturated heterocycles. The minimum Gasteiger partial charge on any atom is -0.313 e. The molecule has 0 aliphatic carbocycles. The topological polar surface area (TPSA) is 24.9 Å². The van der Waals surface area contributed by atoms with Crippen LogP contribution in [0.15, 0.2) is 36.5 Å². The summed E-state index contributed by atoms with van der Waals surface area (Å²) in [6, 6.07) is 10.9. The highest BCUT2D eigenvalue weighted by atomic mass is 127. The van der Waals surface area contributed by atoms with Gasteiger partial charge in [-0.3, -0.25) is 4.98 Å². The molecule has 1 atom stereocenters. The third-order valence-electron chi connectivity index (χ3n) is 3.46. The first-order valence-corrected chi connectivity index (χ1v) is 7.54. The Hall–Kier alpha value is -0.940. The van der Waals surface area contributed by atoms with Crippen LogP contribution in [0.1, 0.15) is 28.4 Å². The Morgan fingerprint density at radius 2 is 1.89 bits per heavy atom. The van der Waals surface area contributed by atoms with Gasteiger partial charge in [-0.2, -0.15) is 0 Å². The van der Waals surface area contributed by atoms with E-state index < -0.39 is 0 Å². The fraction of sp³-hybridized carbons (Fsp3) is 0.312. The molecule has 19 heavy (non-hydrogen) atoms. The molecule has 1 aromatic carbocycles. The first-order chi connectivity index (χ1) is 9.13. The molecule has 0 aliphatic heterocycles. The van der Waals surface area contributed by atoms with E-state index in [0.717, 1.165) is 6.42 Å². The van der Waals surface area contributed by atoms with Crippen LogP contribution in [0.25, 0.3) is 0 Å². The highest BCUT2D eigenvalue weighted by Gasteiger charge is 2.15. The molecule has 0 amide bonds. The van der Waals surface area contributed by atoms with Crippen LogP contribution >= 0.6 is 22.6 Å². The number of aromatic nitrogens is 1. The molecule has 1 N–H and O–H groups in total. The summed E-state index contributed by atoms with van der Waals surface area (Å²) in [5.41, 5.74) is 5.11. The lowest BCUT2D eigenvalue weighted by atomic mass is 9.98. The second-order valence-electron chi connectivity index (χ2n) is 4.79. The predicted octanol–water partition coefficient (Wildman–Crippen LogP) is 3.81. The van der Waals surface area contributed by atoms with E-state index in [0.29, 0.717) is 6.04 Å². The summed E-state index contributed by atoms with van der Waals surface area (Å²) >= 11 is 2.43. The van der Waals surface area contributed by atoms with Gasteiger partial charge in [0, 0.05) is 27.9 Å². The van der Waals surface area contributed by atoms with Crippen molar-refractivity contribution in [2.45, 2.75) is 26.3 Å². The molecule has 0 bridgehead atoms. The van der Waals surface area contributed by atoms with Gasteiger partial charge in [-0.25, -0.2) is 0 Å². The Balaban J connectivity index is 2.31. The summed E-state index contributed by atoms with van der Waals surface area (Å²) in [6.45, 7) is 4.28. The largest absolute Gasteiger partial charge is 0.313 e. The molecule has 2 nitrogen and oxygen atoms in total. The van der Waals surface area contributed by atoms with Crippen molar-refractivity contribution in [1.29, 1.82) is 0 Å². The molecule has 2 aromatic rings. The average Bonchev–Trinajstić information content (AvgIpc) is 2.41. The summed E-state index contributed by atoms with van der Waals surface area (Å²) in [5.74, 6) is 0. The average molecular weight is 366 g/mol. The maximum atomic E-state index is 4.50. The van der Waals surface area contributed by atoms with Gasteiger partial charge in [-0.15, -0.1) is 0 Å². The molecule has 3 heteroatoms. The zero-order valence-electron chi connectivity index (χ0n) is 11.6. The van der Waals surface area contributed by atoms with Gasteiger partial charge in [0.05, 0.1) is 0 Å². The van der Waals surface area contributed by atoms with Crippen molar-refractivity contribution in [2.24, 2.45) is 0 Å². The lowest BCUT2D eigenvalue weighted by Gasteiger charge is -2.19. The standard InChI is InChI=1S/C16H19IN2/c1-11-7-5-9-19-14(11)10-15(18-3)13-8-4-6-12(2)16(13)17/h4-9,15,18H,10H2,1-3H3. The molecule has 0 aliphatic rings. The van der Waals surface area contributed by atoms with Gasteiger partial charge in [0.1, 0.15) is 0 Å². The van der Waals surface area contributed by atoms with Crippen LogP contribution in [-0.2, 0) is 6.42 Å². The minimum atomic E-state index is 0.306. The maximum absolute atomic E-state index is 4.50. The lowest BCUT2D eigenvalue weighted by Crippen LogP contribution is -2.21. The van der Waals surface area contributed by atoms with E-state index in [9.17, 15) is 0 Å². The Labute approximate surface area is 128 Å². The van der Waals surface area contributed by atoms with Crippen LogP contribution in [0, 0.1) is 17.4 Å². The fourth-order valence-electron chi connectivity index (χ4n) is 2.23.